The molecular formula is C8H13NO4. The third kappa shape index (κ3) is 3.85. The summed E-state index contributed by atoms with van der Waals surface area (Å²) >= 11 is 0. The molecule has 0 aromatic heterocycles. The van der Waals surface area contributed by atoms with Crippen molar-refractivity contribution >= 4 is 11.9 Å². The fraction of sp³-hybridized carbons (Fsp3) is 0.625. The van der Waals surface area contributed by atoms with Crippen molar-refractivity contribution < 1.29 is 24.3 Å². The van der Waals surface area contributed by atoms with Gasteiger partial charge in [0.25, 0.3) is 0 Å². The molecule has 0 aliphatic carbocycles. The fourth-order valence-electron chi connectivity index (χ4n) is 0.907. The highest BCUT2D eigenvalue weighted by Gasteiger charge is 2.26. The molecule has 0 rings (SSSR count). The van der Waals surface area contributed by atoms with Crippen LogP contribution in [0.5, 0.6) is 0 Å². The van der Waals surface area contributed by atoms with Gasteiger partial charge in [0.15, 0.2) is 5.94 Å². The van der Waals surface area contributed by atoms with Crippen molar-refractivity contribution in [3.05, 3.63) is 5.70 Å². The molecule has 1 N–H and O–H groups in total. The minimum absolute atomic E-state index is 0.01000. The number of carbonyl (C=O) groups excluding carboxylic acids is 2. The third-order valence-corrected chi connectivity index (χ3v) is 1.50. The highest BCUT2D eigenvalue weighted by molar-refractivity contribution is 5.66. The molecule has 13 heavy (non-hydrogen) atoms. The molecule has 1 atom stereocenters. The number of aliphatic carboxylic acids is 1. The van der Waals surface area contributed by atoms with Gasteiger partial charge in [0.1, 0.15) is 6.10 Å². The second-order valence-corrected chi connectivity index (χ2v) is 3.59. The second-order valence-electron chi connectivity index (χ2n) is 3.59. The molecule has 0 aliphatic heterocycles. The van der Waals surface area contributed by atoms with Gasteiger partial charge in [-0.3, -0.25) is 4.48 Å². The number of carbonyl (C=O) groups is 1. The summed E-state index contributed by atoms with van der Waals surface area (Å²) in [6.07, 6.45) is -1.91. The van der Waals surface area contributed by atoms with E-state index < -0.39 is 18.5 Å². The lowest BCUT2D eigenvalue weighted by molar-refractivity contribution is -0.833. The number of hydrogen-bond donors (Lipinski definition) is 1. The fourth-order valence-corrected chi connectivity index (χ4v) is 0.907. The van der Waals surface area contributed by atoms with Gasteiger partial charge < -0.3 is 15.0 Å². The predicted molar refractivity (Wildman–Crippen MR) is 42.9 cm³/mol. The monoisotopic (exact) mass is 187 g/mol. The summed E-state index contributed by atoms with van der Waals surface area (Å²) in [6.45, 7) is 0. The SMILES string of the molecule is C[N+](C)(C)C(=C=O)C(O)CC(=O)[O-]. The maximum atomic E-state index is 10.4. The van der Waals surface area contributed by atoms with Gasteiger partial charge in [-0.1, -0.05) is 0 Å². The lowest BCUT2D eigenvalue weighted by Gasteiger charge is -2.26. The van der Waals surface area contributed by atoms with E-state index in [1.807, 2.05) is 0 Å². The largest absolute Gasteiger partial charge is 0.550 e. The van der Waals surface area contributed by atoms with Gasteiger partial charge in [0.05, 0.1) is 21.1 Å². The molecule has 0 aliphatic rings. The van der Waals surface area contributed by atoms with Crippen LogP contribution in [0.25, 0.3) is 0 Å². The van der Waals surface area contributed by atoms with Crippen molar-refractivity contribution in [2.24, 2.45) is 0 Å². The molecule has 0 aromatic rings. The summed E-state index contributed by atoms with van der Waals surface area (Å²) in [5.41, 5.74) is -0.01000. The standard InChI is InChI=1S/C8H13NO4/c1-9(2,3)6(5-10)7(11)4-8(12)13/h7,11H,4H2,1-3H3. The topological polar surface area (TPSA) is 77.4 Å². The maximum Gasteiger partial charge on any atom is 0.222 e. The maximum absolute atomic E-state index is 10.4. The summed E-state index contributed by atoms with van der Waals surface area (Å²) < 4.78 is 0.0535. The van der Waals surface area contributed by atoms with E-state index in [1.54, 1.807) is 27.1 Å². The summed E-state index contributed by atoms with van der Waals surface area (Å²) in [5, 5.41) is 19.4. The summed E-state index contributed by atoms with van der Waals surface area (Å²) in [6, 6.07) is 0. The molecule has 0 bridgehead atoms. The number of rotatable bonds is 4. The number of likely N-dealkylation sites (N-methyl/N-ethyl adjacent to an activating group) is 1. The number of hydrogen-bond acceptors (Lipinski definition) is 4. The van der Waals surface area contributed by atoms with Gasteiger partial charge in [0, 0.05) is 12.4 Å². The van der Waals surface area contributed by atoms with Crippen LogP contribution >= 0.6 is 0 Å². The summed E-state index contributed by atoms with van der Waals surface area (Å²) in [7, 11) is 4.91. The highest BCUT2D eigenvalue weighted by Crippen LogP contribution is 2.11. The Morgan fingerprint density at radius 2 is 2.00 bits per heavy atom. The van der Waals surface area contributed by atoms with E-state index in [2.05, 4.69) is 0 Å². The quantitative estimate of drug-likeness (QED) is 0.404. The highest BCUT2D eigenvalue weighted by atomic mass is 16.4. The van der Waals surface area contributed by atoms with Crippen molar-refractivity contribution in [2.45, 2.75) is 12.5 Å². The molecule has 0 aromatic carbocycles. The van der Waals surface area contributed by atoms with Gasteiger partial charge in [-0.05, 0) is 0 Å². The molecule has 0 saturated heterocycles. The predicted octanol–water partition coefficient (Wildman–Crippen LogP) is -2.09. The smallest absolute Gasteiger partial charge is 0.222 e. The van der Waals surface area contributed by atoms with Gasteiger partial charge >= 0.3 is 0 Å². The van der Waals surface area contributed by atoms with Crippen LogP contribution in [0, 0.1) is 0 Å². The third-order valence-electron chi connectivity index (χ3n) is 1.50. The Kier molecular flexibility index (Phi) is 3.81. The van der Waals surface area contributed by atoms with Crippen LogP contribution in [-0.2, 0) is 9.59 Å². The molecule has 5 nitrogen and oxygen atoms in total. The van der Waals surface area contributed by atoms with Crippen molar-refractivity contribution in [1.29, 1.82) is 0 Å². The van der Waals surface area contributed by atoms with Crippen LogP contribution in [0.2, 0.25) is 0 Å². The molecular weight excluding hydrogens is 174 g/mol. The molecule has 0 amide bonds. The summed E-state index contributed by atoms with van der Waals surface area (Å²) in [4.78, 5) is 20.6. The lowest BCUT2D eigenvalue weighted by atomic mass is 10.2. The Morgan fingerprint density at radius 3 is 2.23 bits per heavy atom. The molecule has 0 radical (unpaired) electrons. The van der Waals surface area contributed by atoms with E-state index in [0.29, 0.717) is 0 Å². The molecule has 0 saturated carbocycles. The molecule has 0 heterocycles. The Hall–Kier alpha value is -1.16. The number of aliphatic hydroxyl groups is 1. The van der Waals surface area contributed by atoms with Crippen LogP contribution < -0.4 is 5.11 Å². The van der Waals surface area contributed by atoms with E-state index in [1.165, 1.54) is 0 Å². The zero-order chi connectivity index (χ0) is 10.6. The average Bonchev–Trinajstić information content (AvgIpc) is 1.82. The minimum Gasteiger partial charge on any atom is -0.550 e. The number of aliphatic hydroxyl groups excluding tert-OH is 1. The van der Waals surface area contributed by atoms with Crippen LogP contribution in [0.15, 0.2) is 5.70 Å². The zero-order valence-electron chi connectivity index (χ0n) is 7.90. The van der Waals surface area contributed by atoms with Crippen molar-refractivity contribution in [1.82, 2.24) is 0 Å². The second kappa shape index (κ2) is 4.18. The van der Waals surface area contributed by atoms with Crippen LogP contribution in [-0.4, -0.2) is 48.7 Å². The van der Waals surface area contributed by atoms with E-state index in [0.717, 1.165) is 0 Å². The molecule has 1 unspecified atom stereocenters. The normalized spacial score (nSPS) is 13.2. The first-order chi connectivity index (χ1) is 5.79. The summed E-state index contributed by atoms with van der Waals surface area (Å²) in [5.74, 6) is 0.150. The number of carboxylic acid groups (broad SMARTS) is 1. The van der Waals surface area contributed by atoms with Crippen LogP contribution in [0.1, 0.15) is 6.42 Å². The molecule has 74 valence electrons. The van der Waals surface area contributed by atoms with Gasteiger partial charge in [-0.25, -0.2) is 4.79 Å². The van der Waals surface area contributed by atoms with E-state index in [4.69, 9.17) is 0 Å². The Morgan fingerprint density at radius 1 is 1.54 bits per heavy atom. The Balaban J connectivity index is 4.63. The average molecular weight is 187 g/mol. The number of quaternary nitrogens is 1. The van der Waals surface area contributed by atoms with Gasteiger partial charge in [-0.2, -0.15) is 0 Å². The first kappa shape index (κ1) is 11.8. The first-order valence-electron chi connectivity index (χ1n) is 3.74. The lowest BCUT2D eigenvalue weighted by Crippen LogP contribution is -2.41. The van der Waals surface area contributed by atoms with Gasteiger partial charge in [0.2, 0.25) is 5.70 Å². The first-order valence-corrected chi connectivity index (χ1v) is 3.74. The number of carboxylic acids is 1. The van der Waals surface area contributed by atoms with E-state index in [-0.39, 0.29) is 10.2 Å². The number of nitrogens with zero attached hydrogens (tertiary/aromatic N) is 1. The van der Waals surface area contributed by atoms with Crippen molar-refractivity contribution in [2.75, 3.05) is 21.1 Å². The zero-order valence-corrected chi connectivity index (χ0v) is 7.90. The van der Waals surface area contributed by atoms with E-state index >= 15 is 0 Å². The molecule has 5 heteroatoms. The molecule has 0 spiro atoms. The Bertz CT molecular complexity index is 247. The van der Waals surface area contributed by atoms with Crippen LogP contribution in [0.4, 0.5) is 0 Å². The Labute approximate surface area is 76.5 Å². The molecule has 0 fully saturated rings. The van der Waals surface area contributed by atoms with Crippen molar-refractivity contribution in [3.63, 3.8) is 0 Å². The van der Waals surface area contributed by atoms with Crippen LogP contribution in [0.3, 0.4) is 0 Å². The van der Waals surface area contributed by atoms with E-state index in [9.17, 15) is 19.8 Å². The van der Waals surface area contributed by atoms with Gasteiger partial charge in [-0.15, -0.1) is 0 Å². The van der Waals surface area contributed by atoms with Crippen molar-refractivity contribution in [3.8, 4) is 0 Å². The minimum atomic E-state index is -1.39.